The molecule has 0 aliphatic heterocycles. The van der Waals surface area contributed by atoms with E-state index in [-0.39, 0.29) is 18.5 Å². The normalized spacial score (nSPS) is 22.0. The molecule has 1 unspecified atom stereocenters. The molecule has 1 aliphatic rings. The summed E-state index contributed by atoms with van der Waals surface area (Å²) in [7, 11) is 0. The second-order valence-corrected chi connectivity index (χ2v) is 4.90. The zero-order valence-corrected chi connectivity index (χ0v) is 11.6. The van der Waals surface area contributed by atoms with E-state index in [1.165, 1.54) is 12.2 Å². The van der Waals surface area contributed by atoms with Crippen molar-refractivity contribution < 1.29 is 18.0 Å². The van der Waals surface area contributed by atoms with Gasteiger partial charge >= 0.3 is 6.18 Å². The van der Waals surface area contributed by atoms with Crippen molar-refractivity contribution in [2.45, 2.75) is 25.1 Å². The minimum absolute atomic E-state index is 0.0609. The van der Waals surface area contributed by atoms with Gasteiger partial charge in [-0.2, -0.15) is 13.2 Å². The van der Waals surface area contributed by atoms with Crippen LogP contribution in [0.25, 0.3) is 0 Å². The summed E-state index contributed by atoms with van der Waals surface area (Å²) in [5, 5.41) is 2.47. The minimum atomic E-state index is -4.46. The van der Waals surface area contributed by atoms with Crippen LogP contribution >= 0.6 is 0 Å². The predicted octanol–water partition coefficient (Wildman–Crippen LogP) is 3.67. The van der Waals surface area contributed by atoms with E-state index in [0.717, 1.165) is 6.08 Å². The number of allylic oxidation sites excluding steroid dienone is 2. The maximum Gasteiger partial charge on any atom is 0.410 e. The highest BCUT2D eigenvalue weighted by Crippen LogP contribution is 2.38. The number of hydrogen-bond acceptors (Lipinski definition) is 2. The Morgan fingerprint density at radius 2 is 1.95 bits per heavy atom. The smallest absolute Gasteiger partial charge is 0.300 e. The molecule has 0 radical (unpaired) electrons. The topological polar surface area (TPSA) is 29.1 Å². The van der Waals surface area contributed by atoms with Gasteiger partial charge in [-0.15, -0.1) is 0 Å². The number of nitrogens with one attached hydrogen (secondary N) is 1. The average molecular weight is 295 g/mol. The van der Waals surface area contributed by atoms with Gasteiger partial charge in [-0.1, -0.05) is 49.4 Å². The Morgan fingerprint density at radius 1 is 1.29 bits per heavy atom. The van der Waals surface area contributed by atoms with E-state index in [9.17, 15) is 18.0 Å². The first-order valence-electron chi connectivity index (χ1n) is 6.70. The summed E-state index contributed by atoms with van der Waals surface area (Å²) >= 11 is 0. The monoisotopic (exact) mass is 295 g/mol. The van der Waals surface area contributed by atoms with E-state index < -0.39 is 17.5 Å². The number of carbonyl (C=O) groups is 1. The van der Waals surface area contributed by atoms with Crippen LogP contribution < -0.4 is 5.32 Å². The van der Waals surface area contributed by atoms with Gasteiger partial charge in [0.2, 0.25) is 0 Å². The number of ketones is 1. The minimum Gasteiger partial charge on any atom is -0.300 e. The van der Waals surface area contributed by atoms with Crippen LogP contribution in [-0.4, -0.2) is 24.0 Å². The second-order valence-electron chi connectivity index (χ2n) is 4.90. The number of likely N-dealkylation sites (N-methyl/N-ethyl adjacent to an activating group) is 1. The molecule has 1 aromatic carbocycles. The molecule has 0 saturated carbocycles. The van der Waals surface area contributed by atoms with Crippen molar-refractivity contribution >= 4 is 5.78 Å². The molecular weight excluding hydrogens is 279 g/mol. The van der Waals surface area contributed by atoms with Gasteiger partial charge in [0.05, 0.1) is 0 Å². The molecule has 0 heterocycles. The van der Waals surface area contributed by atoms with Gasteiger partial charge in [-0.05, 0) is 19.0 Å². The number of benzene rings is 1. The molecule has 21 heavy (non-hydrogen) atoms. The summed E-state index contributed by atoms with van der Waals surface area (Å²) in [6.45, 7) is 1.77. The van der Waals surface area contributed by atoms with Crippen LogP contribution in [0.3, 0.4) is 0 Å². The van der Waals surface area contributed by atoms with Gasteiger partial charge in [-0.3, -0.25) is 4.79 Å². The molecule has 0 fully saturated rings. The lowest BCUT2D eigenvalue weighted by Gasteiger charge is -2.35. The van der Waals surface area contributed by atoms with Crippen molar-refractivity contribution in [3.05, 3.63) is 59.7 Å². The van der Waals surface area contributed by atoms with E-state index in [1.54, 1.807) is 37.3 Å². The molecule has 1 N–H and O–H groups in total. The Morgan fingerprint density at radius 3 is 2.52 bits per heavy atom. The molecule has 0 amide bonds. The summed E-state index contributed by atoms with van der Waals surface area (Å²) in [5.41, 5.74) is -1.73. The number of hydrogen-bond donors (Lipinski definition) is 1. The Hall–Kier alpha value is -1.88. The lowest BCUT2D eigenvalue weighted by Crippen LogP contribution is -2.56. The van der Waals surface area contributed by atoms with Gasteiger partial charge in [0, 0.05) is 11.1 Å². The zero-order chi connectivity index (χ0) is 15.5. The summed E-state index contributed by atoms with van der Waals surface area (Å²) in [4.78, 5) is 12.3. The van der Waals surface area contributed by atoms with Gasteiger partial charge in [0.15, 0.2) is 5.78 Å². The highest BCUT2D eigenvalue weighted by Gasteiger charge is 2.53. The van der Waals surface area contributed by atoms with Crippen LogP contribution in [0.15, 0.2) is 54.1 Å². The first-order chi connectivity index (χ1) is 9.89. The van der Waals surface area contributed by atoms with Crippen LogP contribution in [0.2, 0.25) is 0 Å². The Balaban J connectivity index is 2.40. The molecule has 2 rings (SSSR count). The number of Topliss-reactive ketones (excluding diaryl/α,β-unsaturated/α-hetero) is 1. The first kappa shape index (κ1) is 15.5. The van der Waals surface area contributed by atoms with Crippen molar-refractivity contribution in [1.82, 2.24) is 5.32 Å². The van der Waals surface area contributed by atoms with Crippen LogP contribution in [0.5, 0.6) is 0 Å². The molecule has 1 aliphatic carbocycles. The molecule has 2 nitrogen and oxygen atoms in total. The Bertz CT molecular complexity index is 575. The van der Waals surface area contributed by atoms with E-state index in [2.05, 4.69) is 5.32 Å². The fourth-order valence-electron chi connectivity index (χ4n) is 2.38. The largest absolute Gasteiger partial charge is 0.410 e. The Labute approximate surface area is 121 Å². The number of rotatable bonds is 4. The van der Waals surface area contributed by atoms with Crippen molar-refractivity contribution in [3.63, 3.8) is 0 Å². The maximum absolute atomic E-state index is 13.4. The summed E-state index contributed by atoms with van der Waals surface area (Å²) in [5.74, 6) is -0.405. The van der Waals surface area contributed by atoms with Gasteiger partial charge in [0.1, 0.15) is 5.54 Å². The molecule has 5 heteroatoms. The number of halogens is 3. The second kappa shape index (κ2) is 5.85. The highest BCUT2D eigenvalue weighted by molar-refractivity contribution is 6.10. The predicted molar refractivity (Wildman–Crippen MR) is 75.1 cm³/mol. The lowest BCUT2D eigenvalue weighted by molar-refractivity contribution is -0.180. The summed E-state index contributed by atoms with van der Waals surface area (Å²) < 4.78 is 40.1. The van der Waals surface area contributed by atoms with Crippen LogP contribution in [-0.2, 0) is 0 Å². The average Bonchev–Trinajstić information content (AvgIpc) is 2.47. The highest BCUT2D eigenvalue weighted by atomic mass is 19.4. The zero-order valence-electron chi connectivity index (χ0n) is 11.6. The fraction of sp³-hybridized carbons (Fsp3) is 0.312. The molecule has 112 valence electrons. The maximum atomic E-state index is 13.4. The fourth-order valence-corrected chi connectivity index (χ4v) is 2.38. The van der Waals surface area contributed by atoms with E-state index in [1.807, 2.05) is 0 Å². The third kappa shape index (κ3) is 3.08. The van der Waals surface area contributed by atoms with E-state index >= 15 is 0 Å². The quantitative estimate of drug-likeness (QED) is 0.859. The first-order valence-corrected chi connectivity index (χ1v) is 6.70. The summed E-state index contributed by atoms with van der Waals surface area (Å²) in [6, 6.07) is 8.30. The van der Waals surface area contributed by atoms with Crippen LogP contribution in [0, 0.1) is 0 Å². The third-order valence-electron chi connectivity index (χ3n) is 3.44. The molecular formula is C16H16F3NO. The van der Waals surface area contributed by atoms with Gasteiger partial charge in [-0.25, -0.2) is 0 Å². The van der Waals surface area contributed by atoms with Crippen LogP contribution in [0.1, 0.15) is 23.7 Å². The SMILES string of the molecule is CCNC1(C(F)(F)F)C=C(C(=O)c2ccccc2)C=CC1. The number of alkyl halides is 3. The molecule has 1 aromatic rings. The van der Waals surface area contributed by atoms with Crippen molar-refractivity contribution in [2.75, 3.05) is 6.54 Å². The van der Waals surface area contributed by atoms with Gasteiger partial charge in [0.25, 0.3) is 0 Å². The standard InChI is InChI=1S/C16H16F3NO/c1-2-20-15(16(17,18)19)10-6-9-13(11-15)14(21)12-7-4-3-5-8-12/h3-9,11,20H,2,10H2,1H3. The van der Waals surface area contributed by atoms with Crippen molar-refractivity contribution in [3.8, 4) is 0 Å². The molecule has 0 saturated heterocycles. The third-order valence-corrected chi connectivity index (χ3v) is 3.44. The van der Waals surface area contributed by atoms with Gasteiger partial charge < -0.3 is 5.32 Å². The van der Waals surface area contributed by atoms with Crippen molar-refractivity contribution in [2.24, 2.45) is 0 Å². The summed E-state index contributed by atoms with van der Waals surface area (Å²) in [6.07, 6.45) is -0.819. The van der Waals surface area contributed by atoms with Crippen LogP contribution in [0.4, 0.5) is 13.2 Å². The lowest BCUT2D eigenvalue weighted by atomic mass is 9.85. The molecule has 0 spiro atoms. The van der Waals surface area contributed by atoms with E-state index in [0.29, 0.717) is 5.56 Å². The molecule has 0 bridgehead atoms. The van der Waals surface area contributed by atoms with Crippen molar-refractivity contribution in [1.29, 1.82) is 0 Å². The van der Waals surface area contributed by atoms with E-state index in [4.69, 9.17) is 0 Å². The molecule has 0 aromatic heterocycles. The number of carbonyl (C=O) groups excluding carboxylic acids is 1. The Kier molecular flexibility index (Phi) is 4.32. The molecule has 1 atom stereocenters.